The van der Waals surface area contributed by atoms with Crippen LogP contribution < -0.4 is 5.32 Å². The van der Waals surface area contributed by atoms with Gasteiger partial charge in [-0.25, -0.2) is 0 Å². The highest BCUT2D eigenvalue weighted by Crippen LogP contribution is 2.27. The lowest BCUT2D eigenvalue weighted by molar-refractivity contribution is -0.385. The van der Waals surface area contributed by atoms with Crippen LogP contribution in [0.4, 0.5) is 11.4 Å². The fourth-order valence-electron chi connectivity index (χ4n) is 2.64. The average Bonchev–Trinajstić information content (AvgIpc) is 2.73. The third-order valence-corrected chi connectivity index (χ3v) is 4.06. The number of anilines is 1. The number of rotatable bonds is 6. The zero-order valence-corrected chi connectivity index (χ0v) is 15.1. The lowest BCUT2D eigenvalue weighted by Gasteiger charge is -2.09. The Labute approximate surface area is 166 Å². The SMILES string of the molecule is O=C(Nc1ccccc1)/C(=C/c1ccc(O)c([N+](=O)[O-])c1)C(=O)c1ccccc1. The molecule has 7 heteroatoms. The van der Waals surface area contributed by atoms with E-state index < -0.39 is 28.1 Å². The number of para-hydroxylation sites is 1. The highest BCUT2D eigenvalue weighted by molar-refractivity contribution is 6.31. The molecule has 0 heterocycles. The first kappa shape index (κ1) is 19.5. The molecule has 0 saturated heterocycles. The number of carbonyl (C=O) groups is 2. The van der Waals surface area contributed by atoms with E-state index in [4.69, 9.17) is 0 Å². The predicted molar refractivity (Wildman–Crippen MR) is 109 cm³/mol. The Morgan fingerprint density at radius 2 is 1.55 bits per heavy atom. The molecule has 0 aliphatic carbocycles. The average molecular weight is 388 g/mol. The van der Waals surface area contributed by atoms with Crippen LogP contribution in [0.5, 0.6) is 5.75 Å². The quantitative estimate of drug-likeness (QED) is 0.164. The van der Waals surface area contributed by atoms with Gasteiger partial charge >= 0.3 is 5.69 Å². The van der Waals surface area contributed by atoms with Crippen LogP contribution in [0.15, 0.2) is 84.4 Å². The normalized spacial score (nSPS) is 11.0. The molecule has 0 radical (unpaired) electrons. The summed E-state index contributed by atoms with van der Waals surface area (Å²) in [6, 6.07) is 20.5. The summed E-state index contributed by atoms with van der Waals surface area (Å²) in [6.07, 6.45) is 1.26. The number of hydrogen-bond donors (Lipinski definition) is 2. The number of amides is 1. The van der Waals surface area contributed by atoms with Crippen molar-refractivity contribution in [2.24, 2.45) is 0 Å². The molecule has 3 aromatic rings. The van der Waals surface area contributed by atoms with E-state index in [0.717, 1.165) is 12.1 Å². The maximum Gasteiger partial charge on any atom is 0.311 e. The van der Waals surface area contributed by atoms with E-state index in [9.17, 15) is 24.8 Å². The second-order valence-electron chi connectivity index (χ2n) is 6.08. The van der Waals surface area contributed by atoms with Gasteiger partial charge in [-0.2, -0.15) is 0 Å². The Kier molecular flexibility index (Phi) is 5.80. The number of nitrogens with zero attached hydrogens (tertiary/aromatic N) is 1. The number of nitro benzene ring substituents is 1. The monoisotopic (exact) mass is 388 g/mol. The van der Waals surface area contributed by atoms with Gasteiger partial charge in [-0.3, -0.25) is 19.7 Å². The van der Waals surface area contributed by atoms with Crippen molar-refractivity contribution in [2.75, 3.05) is 5.32 Å². The Balaban J connectivity index is 2.04. The summed E-state index contributed by atoms with van der Waals surface area (Å²) in [7, 11) is 0. The Bertz CT molecular complexity index is 1090. The fourth-order valence-corrected chi connectivity index (χ4v) is 2.64. The number of aromatic hydroxyl groups is 1. The molecule has 0 aliphatic heterocycles. The van der Waals surface area contributed by atoms with Crippen LogP contribution in [0.25, 0.3) is 6.08 Å². The van der Waals surface area contributed by atoms with Gasteiger partial charge in [-0.05, 0) is 29.8 Å². The van der Waals surface area contributed by atoms with Gasteiger partial charge < -0.3 is 10.4 Å². The van der Waals surface area contributed by atoms with Gasteiger partial charge in [0.25, 0.3) is 5.91 Å². The highest BCUT2D eigenvalue weighted by Gasteiger charge is 2.21. The first-order valence-corrected chi connectivity index (χ1v) is 8.61. The first-order chi connectivity index (χ1) is 14.0. The van der Waals surface area contributed by atoms with Gasteiger partial charge in [0.15, 0.2) is 11.5 Å². The zero-order valence-electron chi connectivity index (χ0n) is 15.1. The molecule has 0 spiro atoms. The Morgan fingerprint density at radius 1 is 0.931 bits per heavy atom. The molecule has 0 atom stereocenters. The van der Waals surface area contributed by atoms with Crippen molar-refractivity contribution < 1.29 is 19.6 Å². The summed E-state index contributed by atoms with van der Waals surface area (Å²) in [6.45, 7) is 0. The number of nitrogens with one attached hydrogen (secondary N) is 1. The summed E-state index contributed by atoms with van der Waals surface area (Å²) < 4.78 is 0. The summed E-state index contributed by atoms with van der Waals surface area (Å²) in [5.74, 6) is -1.69. The molecule has 3 aromatic carbocycles. The number of hydrogen-bond acceptors (Lipinski definition) is 5. The molecule has 0 aliphatic rings. The zero-order chi connectivity index (χ0) is 20.8. The first-order valence-electron chi connectivity index (χ1n) is 8.61. The molecule has 3 rings (SSSR count). The van der Waals surface area contributed by atoms with E-state index in [1.807, 2.05) is 0 Å². The molecule has 2 N–H and O–H groups in total. The topological polar surface area (TPSA) is 110 Å². The second-order valence-corrected chi connectivity index (χ2v) is 6.08. The van der Waals surface area contributed by atoms with Crippen molar-refractivity contribution in [3.63, 3.8) is 0 Å². The lowest BCUT2D eigenvalue weighted by Crippen LogP contribution is -2.20. The minimum atomic E-state index is -0.741. The van der Waals surface area contributed by atoms with E-state index in [1.54, 1.807) is 60.7 Å². The van der Waals surface area contributed by atoms with Gasteiger partial charge in [-0.15, -0.1) is 0 Å². The van der Waals surface area contributed by atoms with Crippen LogP contribution in [0.1, 0.15) is 15.9 Å². The van der Waals surface area contributed by atoms with E-state index in [0.29, 0.717) is 11.3 Å². The van der Waals surface area contributed by atoms with Crippen LogP contribution in [-0.2, 0) is 4.79 Å². The lowest BCUT2D eigenvalue weighted by atomic mass is 10.00. The number of nitro groups is 1. The number of carbonyl (C=O) groups excluding carboxylic acids is 2. The van der Waals surface area contributed by atoms with Gasteiger partial charge in [0.05, 0.1) is 10.5 Å². The number of benzene rings is 3. The van der Waals surface area contributed by atoms with Crippen molar-refractivity contribution >= 4 is 29.1 Å². The molecule has 0 saturated carbocycles. The minimum Gasteiger partial charge on any atom is -0.502 e. The molecule has 144 valence electrons. The second kappa shape index (κ2) is 8.62. The van der Waals surface area contributed by atoms with Gasteiger partial charge in [0, 0.05) is 17.3 Å². The van der Waals surface area contributed by atoms with Gasteiger partial charge in [0.2, 0.25) is 0 Å². The molecule has 0 aromatic heterocycles. The molecular formula is C22H16N2O5. The van der Waals surface area contributed by atoms with Crippen molar-refractivity contribution in [1.29, 1.82) is 0 Å². The standard InChI is InChI=1S/C22H16N2O5/c25-20-12-11-15(14-19(20)24(28)29)13-18(21(26)16-7-3-1-4-8-16)22(27)23-17-9-5-2-6-10-17/h1-14,25H,(H,23,27)/b18-13+. The fraction of sp³-hybridized carbons (Fsp3) is 0. The van der Waals surface area contributed by atoms with E-state index >= 15 is 0 Å². The van der Waals surface area contributed by atoms with E-state index in [-0.39, 0.29) is 11.1 Å². The summed E-state index contributed by atoms with van der Waals surface area (Å²) in [5.41, 5.74) is 0.321. The van der Waals surface area contributed by atoms with Crippen molar-refractivity contribution in [1.82, 2.24) is 0 Å². The summed E-state index contributed by atoms with van der Waals surface area (Å²) in [4.78, 5) is 36.1. The van der Waals surface area contributed by atoms with Crippen molar-refractivity contribution in [3.05, 3.63) is 106 Å². The summed E-state index contributed by atoms with van der Waals surface area (Å²) >= 11 is 0. The number of Topliss-reactive ketones (excluding diaryl/α,β-unsaturated/α-hetero) is 1. The third kappa shape index (κ3) is 4.72. The van der Waals surface area contributed by atoms with E-state index in [2.05, 4.69) is 5.32 Å². The van der Waals surface area contributed by atoms with E-state index in [1.165, 1.54) is 12.1 Å². The highest BCUT2D eigenvalue weighted by atomic mass is 16.6. The van der Waals surface area contributed by atoms with Crippen molar-refractivity contribution in [3.8, 4) is 5.75 Å². The summed E-state index contributed by atoms with van der Waals surface area (Å²) in [5, 5.41) is 23.3. The molecule has 0 fully saturated rings. The molecule has 0 bridgehead atoms. The van der Waals surface area contributed by atoms with Gasteiger partial charge in [-0.1, -0.05) is 54.6 Å². The largest absolute Gasteiger partial charge is 0.502 e. The molecule has 7 nitrogen and oxygen atoms in total. The number of phenolic OH excluding ortho intramolecular Hbond substituents is 1. The van der Waals surface area contributed by atoms with Crippen molar-refractivity contribution in [2.45, 2.75) is 0 Å². The van der Waals surface area contributed by atoms with Gasteiger partial charge in [0.1, 0.15) is 0 Å². The van der Waals surface area contributed by atoms with Crippen LogP contribution in [0.2, 0.25) is 0 Å². The number of phenols is 1. The maximum absolute atomic E-state index is 13.0. The molecular weight excluding hydrogens is 372 g/mol. The molecule has 0 unspecified atom stereocenters. The Hall–Kier alpha value is -4.26. The van der Waals surface area contributed by atoms with Crippen LogP contribution in [0.3, 0.4) is 0 Å². The maximum atomic E-state index is 13.0. The van der Waals surface area contributed by atoms with Crippen LogP contribution in [-0.4, -0.2) is 21.7 Å². The molecule has 29 heavy (non-hydrogen) atoms. The van der Waals surface area contributed by atoms with Crippen LogP contribution in [0, 0.1) is 10.1 Å². The molecule has 1 amide bonds. The smallest absolute Gasteiger partial charge is 0.311 e. The van der Waals surface area contributed by atoms with Crippen LogP contribution >= 0.6 is 0 Å². The predicted octanol–water partition coefficient (Wildman–Crippen LogP) is 4.21. The Morgan fingerprint density at radius 3 is 2.17 bits per heavy atom. The number of ketones is 1. The third-order valence-electron chi connectivity index (χ3n) is 4.06. The minimum absolute atomic E-state index is 0.194.